The van der Waals surface area contributed by atoms with Crippen LogP contribution in [0.4, 0.5) is 8.78 Å². The molecule has 0 fully saturated rings. The smallest absolute Gasteiger partial charge is 0.387 e. The van der Waals surface area contributed by atoms with Crippen molar-refractivity contribution in [2.24, 2.45) is 12.0 Å². The van der Waals surface area contributed by atoms with E-state index in [-0.39, 0.29) is 43.1 Å². The summed E-state index contributed by atoms with van der Waals surface area (Å²) >= 11 is 0. The van der Waals surface area contributed by atoms with Gasteiger partial charge in [-0.3, -0.25) is 4.68 Å². The maximum Gasteiger partial charge on any atom is 0.387 e. The molecule has 2 aromatic rings. The van der Waals surface area contributed by atoms with Gasteiger partial charge < -0.3 is 24.8 Å². The molecule has 154 valence electrons. The highest BCUT2D eigenvalue weighted by Gasteiger charge is 2.20. The number of hydrogen-bond acceptors (Lipinski definition) is 5. The van der Waals surface area contributed by atoms with Crippen molar-refractivity contribution >= 4 is 29.9 Å². The molecule has 11 heteroatoms. The van der Waals surface area contributed by atoms with Crippen molar-refractivity contribution in [2.75, 3.05) is 13.3 Å². The topological polar surface area (TPSA) is 81.9 Å². The number of aliphatic imine (C=N–C) groups is 1. The number of aromatic nitrogens is 2. The summed E-state index contributed by atoms with van der Waals surface area (Å²) in [6, 6.07) is 4.90. The average Bonchev–Trinajstić information content (AvgIpc) is 3.25. The molecular formula is C17H22F2IN5O3. The van der Waals surface area contributed by atoms with Crippen LogP contribution in [0.25, 0.3) is 0 Å². The summed E-state index contributed by atoms with van der Waals surface area (Å²) in [6.45, 7) is 0.338. The normalized spacial score (nSPS) is 12.7. The minimum absolute atomic E-state index is 0. The highest BCUT2D eigenvalue weighted by Crippen LogP contribution is 2.39. The van der Waals surface area contributed by atoms with Gasteiger partial charge in [-0.1, -0.05) is 0 Å². The first-order valence-electron chi connectivity index (χ1n) is 8.43. The molecule has 0 saturated carbocycles. The van der Waals surface area contributed by atoms with Gasteiger partial charge in [0.2, 0.25) is 6.79 Å². The van der Waals surface area contributed by atoms with Crippen molar-refractivity contribution in [3.05, 3.63) is 35.7 Å². The Hall–Kier alpha value is -2.31. The first kappa shape index (κ1) is 22.0. The molecule has 1 aromatic heterocycles. The van der Waals surface area contributed by atoms with E-state index in [4.69, 9.17) is 9.47 Å². The lowest BCUT2D eigenvalue weighted by molar-refractivity contribution is -0.0505. The Balaban J connectivity index is 0.00000280. The Kier molecular flexibility index (Phi) is 8.08. The maximum absolute atomic E-state index is 12.7. The lowest BCUT2D eigenvalue weighted by Gasteiger charge is -2.13. The molecule has 28 heavy (non-hydrogen) atoms. The number of hydrogen-bond donors (Lipinski definition) is 2. The predicted molar refractivity (Wildman–Crippen MR) is 109 cm³/mol. The Morgan fingerprint density at radius 1 is 1.32 bits per heavy atom. The lowest BCUT2D eigenvalue weighted by atomic mass is 10.1. The largest absolute Gasteiger partial charge is 0.454 e. The number of nitrogens with zero attached hydrogens (tertiary/aromatic N) is 3. The van der Waals surface area contributed by atoms with Gasteiger partial charge >= 0.3 is 6.61 Å². The van der Waals surface area contributed by atoms with Crippen LogP contribution in [0.2, 0.25) is 0 Å². The summed E-state index contributed by atoms with van der Waals surface area (Å²) in [6.07, 6.45) is 1.71. The highest BCUT2D eigenvalue weighted by molar-refractivity contribution is 14.0. The fraction of sp³-hybridized carbons (Fsp3) is 0.412. The fourth-order valence-electron chi connectivity index (χ4n) is 2.55. The van der Waals surface area contributed by atoms with Crippen LogP contribution < -0.4 is 24.8 Å². The van der Waals surface area contributed by atoms with Gasteiger partial charge in [0.05, 0.1) is 18.8 Å². The SMILES string of the molecule is CCNC(=NCc1cc2c(cc1OC(F)F)OCO2)NCc1ccnn1C.I. The van der Waals surface area contributed by atoms with E-state index < -0.39 is 6.61 Å². The molecule has 2 heterocycles. The van der Waals surface area contributed by atoms with Crippen LogP contribution in [0.15, 0.2) is 29.4 Å². The van der Waals surface area contributed by atoms with E-state index >= 15 is 0 Å². The summed E-state index contributed by atoms with van der Waals surface area (Å²) in [4.78, 5) is 4.45. The van der Waals surface area contributed by atoms with Crippen LogP contribution in [0, 0.1) is 0 Å². The highest BCUT2D eigenvalue weighted by atomic mass is 127. The van der Waals surface area contributed by atoms with Gasteiger partial charge in [0.1, 0.15) is 5.75 Å². The third-order valence-electron chi connectivity index (χ3n) is 3.88. The van der Waals surface area contributed by atoms with Crippen LogP contribution >= 0.6 is 24.0 Å². The third-order valence-corrected chi connectivity index (χ3v) is 3.88. The van der Waals surface area contributed by atoms with Crippen LogP contribution in [-0.4, -0.2) is 35.7 Å². The van der Waals surface area contributed by atoms with Crippen LogP contribution in [0.3, 0.4) is 0 Å². The van der Waals surface area contributed by atoms with Crippen molar-refractivity contribution in [1.29, 1.82) is 0 Å². The van der Waals surface area contributed by atoms with Crippen molar-refractivity contribution in [3.63, 3.8) is 0 Å². The third kappa shape index (κ3) is 5.59. The Bertz CT molecular complexity index is 816. The van der Waals surface area contributed by atoms with Crippen LogP contribution in [-0.2, 0) is 20.1 Å². The number of fused-ring (bicyclic) bond motifs is 1. The molecule has 1 aliphatic heterocycles. The molecule has 0 unspecified atom stereocenters. The zero-order chi connectivity index (χ0) is 19.2. The number of alkyl halides is 2. The van der Waals surface area contributed by atoms with Crippen molar-refractivity contribution in [1.82, 2.24) is 20.4 Å². The molecule has 0 spiro atoms. The summed E-state index contributed by atoms with van der Waals surface area (Å²) in [5, 5.41) is 10.4. The average molecular weight is 509 g/mol. The standard InChI is InChI=1S/C17H21F2N5O3.HI/c1-3-20-17(22-9-12-4-5-23-24(12)2)21-8-11-6-14-15(26-10-25-14)7-13(11)27-16(18)19;/h4-7,16H,3,8-10H2,1-2H3,(H2,20,21,22);1H. The van der Waals surface area contributed by atoms with Crippen molar-refractivity contribution in [3.8, 4) is 17.2 Å². The minimum atomic E-state index is -2.94. The quantitative estimate of drug-likeness (QED) is 0.340. The molecule has 0 saturated heterocycles. The van der Waals surface area contributed by atoms with Gasteiger partial charge in [0.25, 0.3) is 0 Å². The molecule has 2 N–H and O–H groups in total. The number of rotatable bonds is 7. The molecule has 8 nitrogen and oxygen atoms in total. The monoisotopic (exact) mass is 509 g/mol. The second-order valence-electron chi connectivity index (χ2n) is 5.69. The first-order chi connectivity index (χ1) is 13.1. The van der Waals surface area contributed by atoms with E-state index in [1.807, 2.05) is 20.0 Å². The Morgan fingerprint density at radius 2 is 2.07 bits per heavy atom. The summed E-state index contributed by atoms with van der Waals surface area (Å²) in [5.74, 6) is 1.41. The number of guanidine groups is 1. The Labute approximate surface area is 178 Å². The zero-order valence-electron chi connectivity index (χ0n) is 15.4. The second-order valence-corrected chi connectivity index (χ2v) is 5.69. The van der Waals surface area contributed by atoms with E-state index in [2.05, 4.69) is 25.5 Å². The van der Waals surface area contributed by atoms with Gasteiger partial charge in [0.15, 0.2) is 17.5 Å². The molecule has 0 amide bonds. The van der Waals surface area contributed by atoms with E-state index in [0.717, 1.165) is 5.69 Å². The predicted octanol–water partition coefficient (Wildman–Crippen LogP) is 2.62. The van der Waals surface area contributed by atoms with Gasteiger partial charge in [-0.25, -0.2) is 4.99 Å². The molecular weight excluding hydrogens is 487 g/mol. The second kappa shape index (κ2) is 10.3. The van der Waals surface area contributed by atoms with E-state index in [1.54, 1.807) is 16.9 Å². The van der Waals surface area contributed by atoms with Crippen LogP contribution in [0.1, 0.15) is 18.2 Å². The minimum Gasteiger partial charge on any atom is -0.454 e. The summed E-state index contributed by atoms with van der Waals surface area (Å²) in [5.41, 5.74) is 1.45. The number of halogens is 3. The number of ether oxygens (including phenoxy) is 3. The van der Waals surface area contributed by atoms with E-state index in [9.17, 15) is 8.78 Å². The van der Waals surface area contributed by atoms with Gasteiger partial charge in [-0.15, -0.1) is 24.0 Å². The summed E-state index contributed by atoms with van der Waals surface area (Å²) < 4.78 is 42.3. The first-order valence-corrected chi connectivity index (χ1v) is 8.43. The van der Waals surface area contributed by atoms with Gasteiger partial charge in [0, 0.05) is 31.4 Å². The molecule has 0 bridgehead atoms. The molecule has 0 aliphatic carbocycles. The number of nitrogens with one attached hydrogen (secondary N) is 2. The van der Waals surface area contributed by atoms with Crippen LogP contribution in [0.5, 0.6) is 17.2 Å². The molecule has 1 aliphatic rings. The summed E-state index contributed by atoms with van der Waals surface area (Å²) in [7, 11) is 1.85. The molecule has 1 aromatic carbocycles. The lowest BCUT2D eigenvalue weighted by Crippen LogP contribution is -2.37. The van der Waals surface area contributed by atoms with E-state index in [1.165, 1.54) is 6.07 Å². The molecule has 0 radical (unpaired) electrons. The zero-order valence-corrected chi connectivity index (χ0v) is 17.8. The maximum atomic E-state index is 12.7. The number of aryl methyl sites for hydroxylation is 1. The molecule has 0 atom stereocenters. The number of benzene rings is 1. The van der Waals surface area contributed by atoms with Crippen molar-refractivity contribution < 1.29 is 23.0 Å². The Morgan fingerprint density at radius 3 is 2.71 bits per heavy atom. The van der Waals surface area contributed by atoms with E-state index in [0.29, 0.717) is 36.1 Å². The molecule has 3 rings (SSSR count). The van der Waals surface area contributed by atoms with Crippen molar-refractivity contribution in [2.45, 2.75) is 26.6 Å². The van der Waals surface area contributed by atoms with Gasteiger partial charge in [-0.2, -0.15) is 13.9 Å². The fourth-order valence-corrected chi connectivity index (χ4v) is 2.55. The van der Waals surface area contributed by atoms with Gasteiger partial charge in [-0.05, 0) is 19.1 Å².